The van der Waals surface area contributed by atoms with Gasteiger partial charge in [0.25, 0.3) is 0 Å². The lowest BCUT2D eigenvalue weighted by atomic mass is 10.1. The summed E-state index contributed by atoms with van der Waals surface area (Å²) in [6.45, 7) is 0.509. The van der Waals surface area contributed by atoms with Crippen LogP contribution in [0.25, 0.3) is 0 Å². The Kier molecular flexibility index (Phi) is 5.46. The largest absolute Gasteiger partial charge is 0.496 e. The first kappa shape index (κ1) is 15.4. The molecule has 0 spiro atoms. The zero-order chi connectivity index (χ0) is 14.5. The highest BCUT2D eigenvalue weighted by atomic mass is 79.9. The lowest BCUT2D eigenvalue weighted by Gasteiger charge is -2.19. The topological polar surface area (TPSA) is 47.3 Å². The summed E-state index contributed by atoms with van der Waals surface area (Å²) in [6, 6.07) is 14.1. The Bertz CT molecular complexity index is 573. The van der Waals surface area contributed by atoms with E-state index < -0.39 is 0 Å². The van der Waals surface area contributed by atoms with Crippen LogP contribution in [0.1, 0.15) is 11.6 Å². The number of hydrogen-bond acceptors (Lipinski definition) is 3. The van der Waals surface area contributed by atoms with E-state index in [-0.39, 0.29) is 6.04 Å². The highest BCUT2D eigenvalue weighted by Crippen LogP contribution is 2.29. The number of nitrogens with two attached hydrogens (primary N) is 1. The van der Waals surface area contributed by atoms with Crippen molar-refractivity contribution in [2.24, 2.45) is 5.73 Å². The number of anilines is 1. The van der Waals surface area contributed by atoms with Gasteiger partial charge in [0.15, 0.2) is 0 Å². The monoisotopic (exact) mass is 398 g/mol. The van der Waals surface area contributed by atoms with Gasteiger partial charge in [-0.05, 0) is 57.9 Å². The second-order valence-corrected chi connectivity index (χ2v) is 6.10. The Morgan fingerprint density at radius 2 is 1.85 bits per heavy atom. The summed E-state index contributed by atoms with van der Waals surface area (Å²) in [5.41, 5.74) is 8.04. The lowest BCUT2D eigenvalue weighted by molar-refractivity contribution is 0.412. The standard InChI is InChI=1S/C15H16Br2N2O/c1-20-15-7-2-10(8-13(15)17)14(9-18)19-12-5-3-11(16)4-6-12/h2-8,14,19H,9,18H2,1H3. The van der Waals surface area contributed by atoms with Crippen LogP contribution in [0.5, 0.6) is 5.75 Å². The zero-order valence-corrected chi connectivity index (χ0v) is 14.2. The first-order chi connectivity index (χ1) is 9.63. The molecular formula is C15H16Br2N2O. The Labute approximate surface area is 135 Å². The molecule has 0 aliphatic heterocycles. The minimum atomic E-state index is 0.0541. The molecule has 2 rings (SSSR count). The van der Waals surface area contributed by atoms with Crippen molar-refractivity contribution in [3.63, 3.8) is 0 Å². The summed E-state index contributed by atoms with van der Waals surface area (Å²) < 4.78 is 7.22. The molecule has 0 bridgehead atoms. The Morgan fingerprint density at radius 3 is 2.40 bits per heavy atom. The van der Waals surface area contributed by atoms with Crippen LogP contribution >= 0.6 is 31.9 Å². The first-order valence-electron chi connectivity index (χ1n) is 6.19. The van der Waals surface area contributed by atoms with E-state index in [0.717, 1.165) is 25.9 Å². The van der Waals surface area contributed by atoms with Gasteiger partial charge in [0.05, 0.1) is 17.6 Å². The van der Waals surface area contributed by atoms with Crippen molar-refractivity contribution in [3.05, 3.63) is 57.0 Å². The molecule has 3 N–H and O–H groups in total. The van der Waals surface area contributed by atoms with Crippen molar-refractivity contribution in [1.29, 1.82) is 0 Å². The van der Waals surface area contributed by atoms with Gasteiger partial charge in [-0.3, -0.25) is 0 Å². The Hall–Kier alpha value is -1.04. The molecule has 106 valence electrons. The first-order valence-corrected chi connectivity index (χ1v) is 7.78. The summed E-state index contributed by atoms with van der Waals surface area (Å²) in [5.74, 6) is 0.813. The van der Waals surface area contributed by atoms with Crippen LogP contribution in [0.4, 0.5) is 5.69 Å². The number of hydrogen-bond donors (Lipinski definition) is 2. The van der Waals surface area contributed by atoms with Crippen LogP contribution in [0.15, 0.2) is 51.4 Å². The SMILES string of the molecule is COc1ccc(C(CN)Nc2ccc(Br)cc2)cc1Br. The molecule has 20 heavy (non-hydrogen) atoms. The summed E-state index contributed by atoms with van der Waals surface area (Å²) >= 11 is 6.93. The second-order valence-electron chi connectivity index (χ2n) is 4.33. The van der Waals surface area contributed by atoms with E-state index >= 15 is 0 Å². The van der Waals surface area contributed by atoms with Crippen molar-refractivity contribution in [2.45, 2.75) is 6.04 Å². The van der Waals surface area contributed by atoms with Gasteiger partial charge in [-0.25, -0.2) is 0 Å². The van der Waals surface area contributed by atoms with Gasteiger partial charge < -0.3 is 15.8 Å². The van der Waals surface area contributed by atoms with Crippen LogP contribution < -0.4 is 15.8 Å². The smallest absolute Gasteiger partial charge is 0.133 e. The van der Waals surface area contributed by atoms with Gasteiger partial charge in [0.1, 0.15) is 5.75 Å². The van der Waals surface area contributed by atoms with Crippen molar-refractivity contribution >= 4 is 37.5 Å². The summed E-state index contributed by atoms with van der Waals surface area (Å²) in [5, 5.41) is 3.43. The zero-order valence-electron chi connectivity index (χ0n) is 11.1. The van der Waals surface area contributed by atoms with Crippen LogP contribution in [0.3, 0.4) is 0 Å². The molecular weight excluding hydrogens is 384 g/mol. The Balaban J connectivity index is 2.19. The minimum Gasteiger partial charge on any atom is -0.496 e. The van der Waals surface area contributed by atoms with Gasteiger partial charge in [-0.2, -0.15) is 0 Å². The van der Waals surface area contributed by atoms with Crippen LogP contribution in [-0.2, 0) is 0 Å². The molecule has 5 heteroatoms. The Morgan fingerprint density at radius 1 is 1.15 bits per heavy atom. The highest BCUT2D eigenvalue weighted by Gasteiger charge is 2.11. The highest BCUT2D eigenvalue weighted by molar-refractivity contribution is 9.10. The fourth-order valence-electron chi connectivity index (χ4n) is 1.93. The third-order valence-electron chi connectivity index (χ3n) is 3.00. The van der Waals surface area contributed by atoms with Crippen molar-refractivity contribution in [3.8, 4) is 5.75 Å². The number of ether oxygens (including phenoxy) is 1. The van der Waals surface area contributed by atoms with Crippen LogP contribution in [-0.4, -0.2) is 13.7 Å². The molecule has 0 fully saturated rings. The summed E-state index contributed by atoms with van der Waals surface area (Å²) in [7, 11) is 1.65. The van der Waals surface area contributed by atoms with E-state index in [2.05, 4.69) is 37.2 Å². The maximum Gasteiger partial charge on any atom is 0.133 e. The number of methoxy groups -OCH3 is 1. The van der Waals surface area contributed by atoms with Crippen LogP contribution in [0.2, 0.25) is 0 Å². The molecule has 2 aromatic rings. The van der Waals surface area contributed by atoms with Gasteiger partial charge in [0, 0.05) is 16.7 Å². The fraction of sp³-hybridized carbons (Fsp3) is 0.200. The minimum absolute atomic E-state index is 0.0541. The van der Waals surface area contributed by atoms with E-state index in [1.54, 1.807) is 7.11 Å². The maximum absolute atomic E-state index is 5.88. The third-order valence-corrected chi connectivity index (χ3v) is 4.15. The van der Waals surface area contributed by atoms with E-state index in [0.29, 0.717) is 6.54 Å². The van der Waals surface area contributed by atoms with Crippen molar-refractivity contribution in [2.75, 3.05) is 19.0 Å². The lowest BCUT2D eigenvalue weighted by Crippen LogP contribution is -2.20. The average molecular weight is 400 g/mol. The molecule has 0 radical (unpaired) electrons. The van der Waals surface area contributed by atoms with E-state index in [1.807, 2.05) is 42.5 Å². The molecule has 0 aromatic heterocycles. The van der Waals surface area contributed by atoms with E-state index in [1.165, 1.54) is 0 Å². The number of rotatable bonds is 5. The molecule has 3 nitrogen and oxygen atoms in total. The average Bonchev–Trinajstić information content (AvgIpc) is 2.46. The normalized spacial score (nSPS) is 12.0. The molecule has 0 aliphatic rings. The molecule has 0 heterocycles. The molecule has 0 saturated heterocycles. The fourth-order valence-corrected chi connectivity index (χ4v) is 2.75. The second kappa shape index (κ2) is 7.11. The molecule has 1 atom stereocenters. The van der Waals surface area contributed by atoms with Gasteiger partial charge in [-0.1, -0.05) is 22.0 Å². The predicted octanol–water partition coefficient (Wildman–Crippen LogP) is 4.33. The third kappa shape index (κ3) is 3.75. The number of nitrogens with one attached hydrogen (secondary N) is 1. The quantitative estimate of drug-likeness (QED) is 0.786. The van der Waals surface area contributed by atoms with Gasteiger partial charge >= 0.3 is 0 Å². The summed E-state index contributed by atoms with van der Waals surface area (Å²) in [4.78, 5) is 0. The van der Waals surface area contributed by atoms with Crippen molar-refractivity contribution in [1.82, 2.24) is 0 Å². The van der Waals surface area contributed by atoms with Gasteiger partial charge in [0.2, 0.25) is 0 Å². The molecule has 1 unspecified atom stereocenters. The summed E-state index contributed by atoms with van der Waals surface area (Å²) in [6.07, 6.45) is 0. The van der Waals surface area contributed by atoms with Crippen LogP contribution in [0, 0.1) is 0 Å². The molecule has 0 aliphatic carbocycles. The number of benzene rings is 2. The molecule has 0 saturated carbocycles. The van der Waals surface area contributed by atoms with Crippen molar-refractivity contribution < 1.29 is 4.74 Å². The van der Waals surface area contributed by atoms with Gasteiger partial charge in [-0.15, -0.1) is 0 Å². The molecule has 2 aromatic carbocycles. The van der Waals surface area contributed by atoms with E-state index in [9.17, 15) is 0 Å². The number of halogens is 2. The predicted molar refractivity (Wildman–Crippen MR) is 90.3 cm³/mol. The maximum atomic E-state index is 5.88. The van der Waals surface area contributed by atoms with E-state index in [4.69, 9.17) is 10.5 Å². The molecule has 0 amide bonds.